The lowest BCUT2D eigenvalue weighted by Gasteiger charge is -2.19. The third-order valence-corrected chi connectivity index (χ3v) is 5.72. The summed E-state index contributed by atoms with van der Waals surface area (Å²) in [4.78, 5) is 14.2. The number of aromatic nitrogens is 1. The minimum atomic E-state index is -0.609. The minimum absolute atomic E-state index is 0.280. The Labute approximate surface area is 185 Å². The molecule has 31 heavy (non-hydrogen) atoms. The fraction of sp³-hybridized carbons (Fsp3) is 0.192. The fourth-order valence-corrected chi connectivity index (χ4v) is 3.92. The molecule has 0 saturated heterocycles. The summed E-state index contributed by atoms with van der Waals surface area (Å²) in [6.07, 6.45) is 3.45. The van der Waals surface area contributed by atoms with E-state index in [1.807, 2.05) is 51.4 Å². The zero-order valence-electron chi connectivity index (χ0n) is 18.0. The van der Waals surface area contributed by atoms with Crippen LogP contribution in [0.4, 0.5) is 9.18 Å². The van der Waals surface area contributed by atoms with E-state index in [9.17, 15) is 9.18 Å². The third kappa shape index (κ3) is 4.52. The van der Waals surface area contributed by atoms with Gasteiger partial charge in [-0.2, -0.15) is 0 Å². The van der Waals surface area contributed by atoms with Crippen LogP contribution in [-0.4, -0.2) is 22.5 Å². The maximum absolute atomic E-state index is 13.4. The summed E-state index contributed by atoms with van der Waals surface area (Å²) in [5.74, 6) is -0.280. The van der Waals surface area contributed by atoms with Crippen molar-refractivity contribution in [3.63, 3.8) is 0 Å². The molecule has 0 atom stereocenters. The van der Waals surface area contributed by atoms with Gasteiger partial charge in [0.15, 0.2) is 0 Å². The molecule has 5 heteroatoms. The molecule has 0 radical (unpaired) electrons. The van der Waals surface area contributed by atoms with E-state index in [1.165, 1.54) is 17.0 Å². The van der Waals surface area contributed by atoms with Crippen LogP contribution in [0.5, 0.6) is 0 Å². The van der Waals surface area contributed by atoms with Gasteiger partial charge < -0.3 is 4.74 Å². The number of ether oxygens (including phenoxy) is 1. The molecule has 0 bridgehead atoms. The van der Waals surface area contributed by atoms with E-state index < -0.39 is 11.7 Å². The molecule has 4 rings (SSSR count). The monoisotopic (exact) mass is 433 g/mol. The van der Waals surface area contributed by atoms with Crippen molar-refractivity contribution >= 4 is 28.8 Å². The summed E-state index contributed by atoms with van der Waals surface area (Å²) >= 11 is 1.69. The summed E-state index contributed by atoms with van der Waals surface area (Å²) in [6, 6.07) is 20.6. The molecular formula is C26H24FNO2S. The van der Waals surface area contributed by atoms with Crippen LogP contribution in [-0.2, 0) is 4.74 Å². The molecule has 0 aliphatic carbocycles. The number of carbonyl (C=O) groups excluding carboxylic acids is 1. The number of nitrogens with zero attached hydrogens (tertiary/aromatic N) is 1. The second kappa shape index (κ2) is 8.23. The number of rotatable bonds is 3. The Morgan fingerprint density at radius 2 is 1.52 bits per heavy atom. The van der Waals surface area contributed by atoms with Crippen LogP contribution in [0.15, 0.2) is 77.8 Å². The molecule has 158 valence electrons. The van der Waals surface area contributed by atoms with Gasteiger partial charge in [-0.15, -0.1) is 11.8 Å². The van der Waals surface area contributed by atoms with Gasteiger partial charge in [-0.25, -0.2) is 9.18 Å². The predicted octanol–water partition coefficient (Wildman–Crippen LogP) is 7.62. The van der Waals surface area contributed by atoms with Crippen LogP contribution in [0.25, 0.3) is 33.2 Å². The Bertz CT molecular complexity index is 1240. The molecule has 3 nitrogen and oxygen atoms in total. The van der Waals surface area contributed by atoms with Gasteiger partial charge in [-0.05, 0) is 74.0 Å². The minimum Gasteiger partial charge on any atom is -0.443 e. The Kier molecular flexibility index (Phi) is 5.63. The lowest BCUT2D eigenvalue weighted by molar-refractivity contribution is 0.0544. The first kappa shape index (κ1) is 21.2. The van der Waals surface area contributed by atoms with Crippen molar-refractivity contribution in [3.8, 4) is 22.3 Å². The van der Waals surface area contributed by atoms with E-state index in [4.69, 9.17) is 4.74 Å². The number of carbonyl (C=O) groups is 1. The summed E-state index contributed by atoms with van der Waals surface area (Å²) in [5, 5.41) is 0.952. The van der Waals surface area contributed by atoms with E-state index in [-0.39, 0.29) is 5.82 Å². The molecule has 4 aromatic rings. The quantitative estimate of drug-likeness (QED) is 0.311. The van der Waals surface area contributed by atoms with E-state index in [2.05, 4.69) is 24.3 Å². The number of hydrogen-bond acceptors (Lipinski definition) is 3. The van der Waals surface area contributed by atoms with Crippen LogP contribution in [0, 0.1) is 5.82 Å². The predicted molar refractivity (Wildman–Crippen MR) is 126 cm³/mol. The Morgan fingerprint density at radius 3 is 2.13 bits per heavy atom. The fourth-order valence-electron chi connectivity index (χ4n) is 3.51. The molecule has 0 saturated carbocycles. The summed E-state index contributed by atoms with van der Waals surface area (Å²) in [5.41, 5.74) is 3.91. The smallest absolute Gasteiger partial charge is 0.419 e. The van der Waals surface area contributed by atoms with Gasteiger partial charge in [-0.3, -0.25) is 4.57 Å². The van der Waals surface area contributed by atoms with Crippen molar-refractivity contribution in [2.45, 2.75) is 31.3 Å². The standard InChI is InChI=1S/C26H24FNO2S/c1-26(2,3)30-25(29)28-16-23(18-7-12-21(31-4)13-8-18)22-14-9-19(15-24(22)28)17-5-10-20(27)11-6-17/h5-16H,1-4H3. The molecule has 0 unspecified atom stereocenters. The average molecular weight is 434 g/mol. The number of benzene rings is 3. The van der Waals surface area contributed by atoms with Gasteiger partial charge in [0, 0.05) is 22.0 Å². The van der Waals surface area contributed by atoms with Crippen molar-refractivity contribution in [2.75, 3.05) is 6.26 Å². The molecule has 0 fully saturated rings. The van der Waals surface area contributed by atoms with Crippen LogP contribution in [0.1, 0.15) is 20.8 Å². The molecule has 0 amide bonds. The van der Waals surface area contributed by atoms with Gasteiger partial charge in [0.1, 0.15) is 11.4 Å². The third-order valence-electron chi connectivity index (χ3n) is 4.97. The summed E-state index contributed by atoms with van der Waals surface area (Å²) < 4.78 is 20.6. The lowest BCUT2D eigenvalue weighted by atomic mass is 10.0. The van der Waals surface area contributed by atoms with Crippen molar-refractivity contribution in [3.05, 3.63) is 78.7 Å². The molecular weight excluding hydrogens is 409 g/mol. The van der Waals surface area contributed by atoms with Crippen LogP contribution in [0.2, 0.25) is 0 Å². The van der Waals surface area contributed by atoms with Crippen molar-refractivity contribution in [1.82, 2.24) is 4.57 Å². The average Bonchev–Trinajstić information content (AvgIpc) is 3.12. The highest BCUT2D eigenvalue weighted by Gasteiger charge is 2.21. The highest BCUT2D eigenvalue weighted by molar-refractivity contribution is 7.98. The summed E-state index contributed by atoms with van der Waals surface area (Å²) in [6.45, 7) is 5.55. The molecule has 3 aromatic carbocycles. The maximum Gasteiger partial charge on any atom is 0.419 e. The largest absolute Gasteiger partial charge is 0.443 e. The van der Waals surface area contributed by atoms with Crippen LogP contribution in [0.3, 0.4) is 0 Å². The second-order valence-corrected chi connectivity index (χ2v) is 9.24. The van der Waals surface area contributed by atoms with Crippen LogP contribution >= 0.6 is 11.8 Å². The molecule has 1 heterocycles. The van der Waals surface area contributed by atoms with Gasteiger partial charge in [0.05, 0.1) is 5.52 Å². The first-order valence-electron chi connectivity index (χ1n) is 10.0. The van der Waals surface area contributed by atoms with Crippen molar-refractivity contribution in [1.29, 1.82) is 0 Å². The summed E-state index contributed by atoms with van der Waals surface area (Å²) in [7, 11) is 0. The van der Waals surface area contributed by atoms with Gasteiger partial charge in [0.2, 0.25) is 0 Å². The Morgan fingerprint density at radius 1 is 0.903 bits per heavy atom. The zero-order chi connectivity index (χ0) is 22.2. The van der Waals surface area contributed by atoms with E-state index in [1.54, 1.807) is 28.5 Å². The Hall–Kier alpha value is -3.05. The van der Waals surface area contributed by atoms with E-state index in [0.717, 1.165) is 33.2 Å². The topological polar surface area (TPSA) is 31.2 Å². The second-order valence-electron chi connectivity index (χ2n) is 8.36. The zero-order valence-corrected chi connectivity index (χ0v) is 18.8. The number of fused-ring (bicyclic) bond motifs is 1. The number of thioether (sulfide) groups is 1. The van der Waals surface area contributed by atoms with Crippen molar-refractivity contribution in [2.24, 2.45) is 0 Å². The van der Waals surface area contributed by atoms with Gasteiger partial charge in [-0.1, -0.05) is 36.4 Å². The van der Waals surface area contributed by atoms with Gasteiger partial charge >= 0.3 is 6.09 Å². The molecule has 0 aliphatic rings. The molecule has 0 aliphatic heterocycles. The molecule has 1 aromatic heterocycles. The first-order valence-corrected chi connectivity index (χ1v) is 11.3. The maximum atomic E-state index is 13.4. The van der Waals surface area contributed by atoms with Gasteiger partial charge in [0.25, 0.3) is 0 Å². The number of hydrogen-bond donors (Lipinski definition) is 0. The Balaban J connectivity index is 1.88. The first-order chi connectivity index (χ1) is 14.7. The molecule has 0 N–H and O–H groups in total. The lowest BCUT2D eigenvalue weighted by Crippen LogP contribution is -2.26. The van der Waals surface area contributed by atoms with Crippen LogP contribution < -0.4 is 0 Å². The van der Waals surface area contributed by atoms with E-state index in [0.29, 0.717) is 0 Å². The molecule has 0 spiro atoms. The van der Waals surface area contributed by atoms with Crippen molar-refractivity contribution < 1.29 is 13.9 Å². The SMILES string of the molecule is CSc1ccc(-c2cn(C(=O)OC(C)(C)C)c3cc(-c4ccc(F)cc4)ccc23)cc1. The number of halogens is 1. The normalized spacial score (nSPS) is 11.6. The highest BCUT2D eigenvalue weighted by atomic mass is 32.2. The highest BCUT2D eigenvalue weighted by Crippen LogP contribution is 2.35. The van der Waals surface area contributed by atoms with E-state index >= 15 is 0 Å².